The van der Waals surface area contributed by atoms with Crippen LogP contribution >= 0.6 is 0 Å². The number of allylic oxidation sites excluding steroid dienone is 1. The number of rotatable bonds is 1. The molecule has 0 aromatic carbocycles. The predicted octanol–water partition coefficient (Wildman–Crippen LogP) is 0.698. The first-order valence-electron chi connectivity index (χ1n) is 2.92. The van der Waals surface area contributed by atoms with Crippen LogP contribution < -0.4 is 5.73 Å². The van der Waals surface area contributed by atoms with E-state index in [1.165, 1.54) is 0 Å². The second-order valence-corrected chi connectivity index (χ2v) is 2.06. The number of hydrogen-bond acceptors (Lipinski definition) is 4. The molecule has 0 saturated carbocycles. The van der Waals surface area contributed by atoms with E-state index in [2.05, 4.69) is 10.1 Å². The van der Waals surface area contributed by atoms with Gasteiger partial charge in [-0.3, -0.25) is 0 Å². The van der Waals surface area contributed by atoms with Crippen LogP contribution in [0, 0.1) is 6.92 Å². The Hall–Kier alpha value is -1.32. The molecule has 0 aliphatic carbocycles. The van der Waals surface area contributed by atoms with Gasteiger partial charge in [-0.25, -0.2) is 0 Å². The van der Waals surface area contributed by atoms with E-state index in [9.17, 15) is 0 Å². The minimum absolute atomic E-state index is 0.525. The smallest absolute Gasteiger partial charge is 0.223 e. The van der Waals surface area contributed by atoms with Crippen molar-refractivity contribution in [3.8, 4) is 0 Å². The molecule has 2 N–H and O–H groups in total. The maximum atomic E-state index is 5.37. The predicted molar refractivity (Wildman–Crippen MR) is 36.9 cm³/mol. The molecule has 0 fully saturated rings. The summed E-state index contributed by atoms with van der Waals surface area (Å²) in [5, 5.41) is 3.61. The molecule has 0 aliphatic rings. The molecular formula is C6H9N3O. The highest BCUT2D eigenvalue weighted by atomic mass is 16.5. The summed E-state index contributed by atoms with van der Waals surface area (Å²) in [7, 11) is 0. The minimum Gasteiger partial charge on any atom is -0.402 e. The lowest BCUT2D eigenvalue weighted by molar-refractivity contribution is 0.391. The number of nitrogens with zero attached hydrogens (tertiary/aromatic N) is 2. The number of aryl methyl sites for hydroxylation is 1. The molecule has 1 heterocycles. The molecule has 0 atom stereocenters. The zero-order valence-corrected chi connectivity index (χ0v) is 5.96. The Labute approximate surface area is 58.7 Å². The summed E-state index contributed by atoms with van der Waals surface area (Å²) >= 11 is 0. The van der Waals surface area contributed by atoms with Gasteiger partial charge in [0.15, 0.2) is 5.82 Å². The molecule has 0 aliphatic heterocycles. The Balaban J connectivity index is 2.86. The fourth-order valence-corrected chi connectivity index (χ4v) is 0.577. The normalized spacial score (nSPS) is 12.0. The van der Waals surface area contributed by atoms with Gasteiger partial charge in [0.05, 0.1) is 0 Å². The Morgan fingerprint density at radius 1 is 1.70 bits per heavy atom. The fraction of sp³-hybridized carbons (Fsp3) is 0.333. The third kappa shape index (κ3) is 1.58. The third-order valence-electron chi connectivity index (χ3n) is 0.900. The van der Waals surface area contributed by atoms with Gasteiger partial charge in [-0.05, 0) is 6.92 Å². The highest BCUT2D eigenvalue weighted by molar-refractivity contribution is 5.41. The monoisotopic (exact) mass is 139 g/mol. The number of aromatic nitrogens is 2. The van der Waals surface area contributed by atoms with Gasteiger partial charge in [-0.15, -0.1) is 0 Å². The van der Waals surface area contributed by atoms with Crippen LogP contribution in [0.25, 0.3) is 6.08 Å². The van der Waals surface area contributed by atoms with E-state index in [1.54, 1.807) is 19.9 Å². The van der Waals surface area contributed by atoms with Crippen molar-refractivity contribution < 1.29 is 4.52 Å². The lowest BCUT2D eigenvalue weighted by Gasteiger charge is -1.82. The van der Waals surface area contributed by atoms with E-state index in [0.29, 0.717) is 17.4 Å². The Morgan fingerprint density at radius 2 is 2.40 bits per heavy atom. The van der Waals surface area contributed by atoms with Crippen molar-refractivity contribution in [1.29, 1.82) is 0 Å². The molecular weight excluding hydrogens is 130 g/mol. The summed E-state index contributed by atoms with van der Waals surface area (Å²) in [6.45, 7) is 3.50. The van der Waals surface area contributed by atoms with Crippen molar-refractivity contribution in [2.45, 2.75) is 13.8 Å². The van der Waals surface area contributed by atoms with Crippen LogP contribution in [0.5, 0.6) is 0 Å². The van der Waals surface area contributed by atoms with E-state index >= 15 is 0 Å². The fourth-order valence-electron chi connectivity index (χ4n) is 0.577. The highest BCUT2D eigenvalue weighted by Crippen LogP contribution is 1.98. The van der Waals surface area contributed by atoms with E-state index < -0.39 is 0 Å². The standard InChI is InChI=1S/C6H9N3O/c1-4(7)3-6-8-5(2)10-9-6/h3H,7H2,1-2H3/b4-3+. The van der Waals surface area contributed by atoms with Crippen LogP contribution in [0.4, 0.5) is 0 Å². The number of hydrogen-bond donors (Lipinski definition) is 1. The molecule has 1 aromatic heterocycles. The first kappa shape index (κ1) is 6.80. The Morgan fingerprint density at radius 3 is 2.80 bits per heavy atom. The van der Waals surface area contributed by atoms with Gasteiger partial charge in [0.25, 0.3) is 0 Å². The molecule has 54 valence electrons. The second-order valence-electron chi connectivity index (χ2n) is 2.06. The lowest BCUT2D eigenvalue weighted by Crippen LogP contribution is -1.90. The molecule has 0 saturated heterocycles. The van der Waals surface area contributed by atoms with Crippen LogP contribution in [0.3, 0.4) is 0 Å². The second kappa shape index (κ2) is 2.51. The van der Waals surface area contributed by atoms with Gasteiger partial charge in [-0.2, -0.15) is 4.98 Å². The van der Waals surface area contributed by atoms with Crippen molar-refractivity contribution in [2.24, 2.45) is 5.73 Å². The van der Waals surface area contributed by atoms with Crippen LogP contribution in [0.1, 0.15) is 18.6 Å². The lowest BCUT2D eigenvalue weighted by atomic mass is 10.4. The average molecular weight is 139 g/mol. The van der Waals surface area contributed by atoms with Crippen LogP contribution in [0.15, 0.2) is 10.2 Å². The van der Waals surface area contributed by atoms with E-state index in [0.717, 1.165) is 0 Å². The van der Waals surface area contributed by atoms with Crippen molar-refractivity contribution >= 4 is 6.08 Å². The van der Waals surface area contributed by atoms with Crippen molar-refractivity contribution in [3.05, 3.63) is 17.4 Å². The zero-order chi connectivity index (χ0) is 7.56. The maximum Gasteiger partial charge on any atom is 0.223 e. The van der Waals surface area contributed by atoms with Crippen molar-refractivity contribution in [3.63, 3.8) is 0 Å². The molecule has 0 bridgehead atoms. The van der Waals surface area contributed by atoms with E-state index in [1.807, 2.05) is 0 Å². The first-order valence-corrected chi connectivity index (χ1v) is 2.92. The molecule has 4 heteroatoms. The molecule has 0 radical (unpaired) electrons. The van der Waals surface area contributed by atoms with Gasteiger partial charge < -0.3 is 10.3 Å². The molecule has 1 rings (SSSR count). The first-order chi connectivity index (χ1) is 4.68. The largest absolute Gasteiger partial charge is 0.402 e. The summed E-state index contributed by atoms with van der Waals surface area (Å²) in [5.74, 6) is 1.07. The molecule has 4 nitrogen and oxygen atoms in total. The molecule has 0 amide bonds. The van der Waals surface area contributed by atoms with Gasteiger partial charge >= 0.3 is 0 Å². The topological polar surface area (TPSA) is 64.9 Å². The van der Waals surface area contributed by atoms with E-state index in [4.69, 9.17) is 10.3 Å². The summed E-state index contributed by atoms with van der Waals surface area (Å²) in [4.78, 5) is 3.92. The Bertz CT molecular complexity index is 247. The minimum atomic E-state index is 0.525. The van der Waals surface area contributed by atoms with Crippen LogP contribution in [-0.4, -0.2) is 10.1 Å². The SMILES string of the molecule is C/C(N)=C\c1noc(C)n1. The van der Waals surface area contributed by atoms with Crippen molar-refractivity contribution in [1.82, 2.24) is 10.1 Å². The maximum absolute atomic E-state index is 5.37. The van der Waals surface area contributed by atoms with Gasteiger partial charge in [-0.1, -0.05) is 5.16 Å². The summed E-state index contributed by atoms with van der Waals surface area (Å²) in [6.07, 6.45) is 1.65. The van der Waals surface area contributed by atoms with Gasteiger partial charge in [0.1, 0.15) is 0 Å². The van der Waals surface area contributed by atoms with Crippen LogP contribution in [-0.2, 0) is 0 Å². The molecule has 0 unspecified atom stereocenters. The highest BCUT2D eigenvalue weighted by Gasteiger charge is 1.95. The summed E-state index contributed by atoms with van der Waals surface area (Å²) in [5.41, 5.74) is 6.04. The van der Waals surface area contributed by atoms with Gasteiger partial charge in [0, 0.05) is 18.7 Å². The molecule has 10 heavy (non-hydrogen) atoms. The van der Waals surface area contributed by atoms with Crippen molar-refractivity contribution in [2.75, 3.05) is 0 Å². The zero-order valence-electron chi connectivity index (χ0n) is 5.96. The summed E-state index contributed by atoms with van der Waals surface area (Å²) in [6, 6.07) is 0. The third-order valence-corrected chi connectivity index (χ3v) is 0.900. The molecule has 0 spiro atoms. The molecule has 1 aromatic rings. The quantitative estimate of drug-likeness (QED) is 0.621. The average Bonchev–Trinajstić information content (AvgIpc) is 2.13. The van der Waals surface area contributed by atoms with E-state index in [-0.39, 0.29) is 0 Å². The van der Waals surface area contributed by atoms with Gasteiger partial charge in [0.2, 0.25) is 5.89 Å². The summed E-state index contributed by atoms with van der Waals surface area (Å²) < 4.78 is 4.70. The Kier molecular flexibility index (Phi) is 1.71. The van der Waals surface area contributed by atoms with Crippen LogP contribution in [0.2, 0.25) is 0 Å². The number of nitrogens with two attached hydrogens (primary N) is 1.